The largest absolute Gasteiger partial charge is 0.378 e. The number of nitrogens with one attached hydrogen (secondary N) is 1. The first-order chi connectivity index (χ1) is 7.83. The molecule has 2 nitrogen and oxygen atoms in total. The summed E-state index contributed by atoms with van der Waals surface area (Å²) in [6.07, 6.45) is 9.73. The highest BCUT2D eigenvalue weighted by Gasteiger charge is 2.15. The minimum absolute atomic E-state index is 0.588. The molecule has 0 aromatic rings. The van der Waals surface area contributed by atoms with Crippen molar-refractivity contribution in [2.24, 2.45) is 5.92 Å². The van der Waals surface area contributed by atoms with Gasteiger partial charge in [0, 0.05) is 6.61 Å². The molecule has 0 amide bonds. The Kier molecular flexibility index (Phi) is 7.87. The van der Waals surface area contributed by atoms with E-state index in [0.717, 1.165) is 12.5 Å². The van der Waals surface area contributed by atoms with Gasteiger partial charge in [-0.15, -0.1) is 0 Å². The molecule has 0 aromatic heterocycles. The number of ether oxygens (including phenoxy) is 1. The SMILES string of the molecule is CCCNCCC(C)CCCC1CCCO1. The van der Waals surface area contributed by atoms with Gasteiger partial charge in [0.05, 0.1) is 6.10 Å². The Morgan fingerprint density at radius 3 is 2.88 bits per heavy atom. The second-order valence-corrected chi connectivity index (χ2v) is 5.21. The lowest BCUT2D eigenvalue weighted by Crippen LogP contribution is -2.18. The summed E-state index contributed by atoms with van der Waals surface area (Å²) in [6, 6.07) is 0. The van der Waals surface area contributed by atoms with Crippen LogP contribution in [0.3, 0.4) is 0 Å². The van der Waals surface area contributed by atoms with Gasteiger partial charge in [-0.05, 0) is 51.1 Å². The molecule has 1 fully saturated rings. The summed E-state index contributed by atoms with van der Waals surface area (Å²) in [5, 5.41) is 3.47. The topological polar surface area (TPSA) is 21.3 Å². The Morgan fingerprint density at radius 2 is 2.19 bits per heavy atom. The molecule has 16 heavy (non-hydrogen) atoms. The Hall–Kier alpha value is -0.0800. The van der Waals surface area contributed by atoms with E-state index in [-0.39, 0.29) is 0 Å². The Balaban J connectivity index is 1.87. The molecule has 0 saturated carbocycles. The van der Waals surface area contributed by atoms with E-state index in [1.165, 1.54) is 58.0 Å². The van der Waals surface area contributed by atoms with Crippen LogP contribution < -0.4 is 5.32 Å². The molecular weight excluding hydrogens is 198 g/mol. The average Bonchev–Trinajstić information content (AvgIpc) is 2.77. The molecule has 0 spiro atoms. The van der Waals surface area contributed by atoms with E-state index < -0.39 is 0 Å². The Bertz CT molecular complexity index is 155. The fraction of sp³-hybridized carbons (Fsp3) is 1.00. The van der Waals surface area contributed by atoms with Crippen LogP contribution in [0, 0.1) is 5.92 Å². The van der Waals surface area contributed by atoms with Crippen LogP contribution in [0.2, 0.25) is 0 Å². The van der Waals surface area contributed by atoms with Crippen molar-refractivity contribution < 1.29 is 4.74 Å². The zero-order chi connectivity index (χ0) is 11.6. The van der Waals surface area contributed by atoms with Crippen molar-refractivity contribution in [1.29, 1.82) is 0 Å². The second-order valence-electron chi connectivity index (χ2n) is 5.21. The van der Waals surface area contributed by atoms with Crippen molar-refractivity contribution in [3.8, 4) is 0 Å². The maximum atomic E-state index is 5.64. The molecule has 2 atom stereocenters. The maximum absolute atomic E-state index is 5.64. The summed E-state index contributed by atoms with van der Waals surface area (Å²) in [5.41, 5.74) is 0. The summed E-state index contributed by atoms with van der Waals surface area (Å²) in [7, 11) is 0. The zero-order valence-corrected chi connectivity index (χ0v) is 11.1. The summed E-state index contributed by atoms with van der Waals surface area (Å²) in [6.45, 7) is 7.96. The second kappa shape index (κ2) is 9.00. The minimum Gasteiger partial charge on any atom is -0.378 e. The normalized spacial score (nSPS) is 22.5. The number of hydrogen-bond acceptors (Lipinski definition) is 2. The third kappa shape index (κ3) is 6.49. The molecule has 0 aromatic carbocycles. The fourth-order valence-electron chi connectivity index (χ4n) is 2.36. The third-order valence-electron chi connectivity index (χ3n) is 3.49. The van der Waals surface area contributed by atoms with E-state index >= 15 is 0 Å². The van der Waals surface area contributed by atoms with Crippen molar-refractivity contribution >= 4 is 0 Å². The van der Waals surface area contributed by atoms with Gasteiger partial charge >= 0.3 is 0 Å². The van der Waals surface area contributed by atoms with E-state index in [9.17, 15) is 0 Å². The zero-order valence-electron chi connectivity index (χ0n) is 11.1. The van der Waals surface area contributed by atoms with Crippen molar-refractivity contribution in [1.82, 2.24) is 5.32 Å². The molecule has 1 heterocycles. The van der Waals surface area contributed by atoms with Crippen LogP contribution in [0.5, 0.6) is 0 Å². The first kappa shape index (κ1) is 14.0. The standard InChI is InChI=1S/C14H29NO/c1-3-10-15-11-9-13(2)6-4-7-14-8-5-12-16-14/h13-15H,3-12H2,1-2H3. The fourth-order valence-corrected chi connectivity index (χ4v) is 2.36. The minimum atomic E-state index is 0.588. The summed E-state index contributed by atoms with van der Waals surface area (Å²) in [4.78, 5) is 0. The highest BCUT2D eigenvalue weighted by atomic mass is 16.5. The first-order valence-corrected chi connectivity index (χ1v) is 7.15. The summed E-state index contributed by atoms with van der Waals surface area (Å²) in [5.74, 6) is 0.866. The van der Waals surface area contributed by atoms with Gasteiger partial charge in [-0.3, -0.25) is 0 Å². The van der Waals surface area contributed by atoms with Crippen LogP contribution in [0.4, 0.5) is 0 Å². The van der Waals surface area contributed by atoms with Gasteiger partial charge in [0.2, 0.25) is 0 Å². The van der Waals surface area contributed by atoms with Crippen molar-refractivity contribution in [3.63, 3.8) is 0 Å². The molecule has 1 aliphatic rings. The van der Waals surface area contributed by atoms with Gasteiger partial charge in [0.15, 0.2) is 0 Å². The molecule has 1 saturated heterocycles. The molecule has 0 bridgehead atoms. The van der Waals surface area contributed by atoms with Gasteiger partial charge in [-0.1, -0.05) is 26.7 Å². The highest BCUT2D eigenvalue weighted by molar-refractivity contribution is 4.66. The van der Waals surface area contributed by atoms with Crippen LogP contribution in [0.1, 0.15) is 58.8 Å². The first-order valence-electron chi connectivity index (χ1n) is 7.15. The molecule has 1 aliphatic heterocycles. The molecule has 2 heteroatoms. The van der Waals surface area contributed by atoms with Crippen molar-refractivity contribution in [2.75, 3.05) is 19.7 Å². The summed E-state index contributed by atoms with van der Waals surface area (Å²) < 4.78 is 5.64. The molecular formula is C14H29NO. The van der Waals surface area contributed by atoms with Gasteiger partial charge in [-0.25, -0.2) is 0 Å². The van der Waals surface area contributed by atoms with Crippen LogP contribution in [0.15, 0.2) is 0 Å². The molecule has 0 aliphatic carbocycles. The van der Waals surface area contributed by atoms with E-state index in [4.69, 9.17) is 4.74 Å². The predicted octanol–water partition coefficient (Wildman–Crippen LogP) is 3.36. The lowest BCUT2D eigenvalue weighted by molar-refractivity contribution is 0.101. The monoisotopic (exact) mass is 227 g/mol. The van der Waals surface area contributed by atoms with Gasteiger partial charge in [0.1, 0.15) is 0 Å². The van der Waals surface area contributed by atoms with Crippen LogP contribution in [-0.4, -0.2) is 25.8 Å². The molecule has 96 valence electrons. The average molecular weight is 227 g/mol. The molecule has 1 N–H and O–H groups in total. The van der Waals surface area contributed by atoms with E-state index in [1.807, 2.05) is 0 Å². The van der Waals surface area contributed by atoms with Gasteiger partial charge < -0.3 is 10.1 Å². The molecule has 2 unspecified atom stereocenters. The van der Waals surface area contributed by atoms with Gasteiger partial charge in [-0.2, -0.15) is 0 Å². The lowest BCUT2D eigenvalue weighted by Gasteiger charge is -2.13. The molecule has 1 rings (SSSR count). The number of rotatable bonds is 9. The quantitative estimate of drug-likeness (QED) is 0.610. The van der Waals surface area contributed by atoms with Crippen molar-refractivity contribution in [3.05, 3.63) is 0 Å². The third-order valence-corrected chi connectivity index (χ3v) is 3.49. The Labute approximate surface area is 101 Å². The summed E-state index contributed by atoms with van der Waals surface area (Å²) >= 11 is 0. The van der Waals surface area contributed by atoms with Gasteiger partial charge in [0.25, 0.3) is 0 Å². The predicted molar refractivity (Wildman–Crippen MR) is 69.8 cm³/mol. The van der Waals surface area contributed by atoms with E-state index in [0.29, 0.717) is 6.10 Å². The van der Waals surface area contributed by atoms with E-state index in [1.54, 1.807) is 0 Å². The van der Waals surface area contributed by atoms with Crippen LogP contribution >= 0.6 is 0 Å². The number of hydrogen-bond donors (Lipinski definition) is 1. The highest BCUT2D eigenvalue weighted by Crippen LogP contribution is 2.20. The van der Waals surface area contributed by atoms with Crippen molar-refractivity contribution in [2.45, 2.75) is 64.9 Å². The van der Waals surface area contributed by atoms with Crippen LogP contribution in [0.25, 0.3) is 0 Å². The molecule has 0 radical (unpaired) electrons. The lowest BCUT2D eigenvalue weighted by atomic mass is 9.98. The maximum Gasteiger partial charge on any atom is 0.0576 e. The smallest absolute Gasteiger partial charge is 0.0576 e. The Morgan fingerprint density at radius 1 is 1.31 bits per heavy atom. The van der Waals surface area contributed by atoms with E-state index in [2.05, 4.69) is 19.2 Å². The van der Waals surface area contributed by atoms with Crippen LogP contribution in [-0.2, 0) is 4.74 Å².